The summed E-state index contributed by atoms with van der Waals surface area (Å²) in [5, 5.41) is 10.2. The summed E-state index contributed by atoms with van der Waals surface area (Å²) in [6.45, 7) is 4.36. The van der Waals surface area contributed by atoms with E-state index in [1.165, 1.54) is 6.42 Å². The second-order valence-electron chi connectivity index (χ2n) is 7.20. The predicted molar refractivity (Wildman–Crippen MR) is 108 cm³/mol. The van der Waals surface area contributed by atoms with Crippen LogP contribution in [0, 0.1) is 12.8 Å². The minimum Gasteiger partial charge on any atom is -0.489 e. The van der Waals surface area contributed by atoms with Crippen LogP contribution in [-0.2, 0) is 6.61 Å². The van der Waals surface area contributed by atoms with Gasteiger partial charge in [-0.1, -0.05) is 18.5 Å². The van der Waals surface area contributed by atoms with Crippen LogP contribution in [0.3, 0.4) is 0 Å². The van der Waals surface area contributed by atoms with Gasteiger partial charge in [-0.15, -0.1) is 11.3 Å². The number of aromatic nitrogens is 1. The Kier molecular flexibility index (Phi) is 4.91. The second-order valence-corrected chi connectivity index (χ2v) is 8.77. The van der Waals surface area contributed by atoms with Crippen molar-refractivity contribution in [2.45, 2.75) is 45.8 Å². The fourth-order valence-corrected chi connectivity index (χ4v) is 5.07. The molecule has 0 spiro atoms. The SMILES string of the molecule is Cc1cc(Cl)cc(-c2ccnc3cc(CO)sc23)c1O[C@@H]1CC[C@@H](C)C1. The minimum atomic E-state index is 0.0262. The van der Waals surface area contributed by atoms with Crippen molar-refractivity contribution in [2.24, 2.45) is 5.92 Å². The zero-order chi connectivity index (χ0) is 18.3. The van der Waals surface area contributed by atoms with Gasteiger partial charge in [-0.2, -0.15) is 0 Å². The molecule has 5 heteroatoms. The predicted octanol–water partition coefficient (Wildman–Crippen LogP) is 5.98. The summed E-state index contributed by atoms with van der Waals surface area (Å²) in [5.41, 5.74) is 4.02. The van der Waals surface area contributed by atoms with Crippen molar-refractivity contribution < 1.29 is 9.84 Å². The number of pyridine rings is 1. The first kappa shape index (κ1) is 17.8. The van der Waals surface area contributed by atoms with Gasteiger partial charge in [0.05, 0.1) is 22.9 Å². The third-order valence-electron chi connectivity index (χ3n) is 5.08. The van der Waals surface area contributed by atoms with Crippen molar-refractivity contribution >= 4 is 33.2 Å². The first-order valence-electron chi connectivity index (χ1n) is 9.00. The second kappa shape index (κ2) is 7.18. The van der Waals surface area contributed by atoms with E-state index in [9.17, 15) is 5.11 Å². The van der Waals surface area contributed by atoms with Crippen LogP contribution in [0.15, 0.2) is 30.5 Å². The monoisotopic (exact) mass is 387 g/mol. The fourth-order valence-electron chi connectivity index (χ4n) is 3.79. The number of aliphatic hydroxyl groups excluding tert-OH is 1. The molecule has 136 valence electrons. The van der Waals surface area contributed by atoms with E-state index in [2.05, 4.69) is 18.8 Å². The molecule has 1 aliphatic carbocycles. The number of aryl methyl sites for hydroxylation is 1. The van der Waals surface area contributed by atoms with E-state index in [1.54, 1.807) is 11.3 Å². The molecule has 0 radical (unpaired) electrons. The quantitative estimate of drug-likeness (QED) is 0.598. The van der Waals surface area contributed by atoms with Gasteiger partial charge in [0.25, 0.3) is 0 Å². The summed E-state index contributed by atoms with van der Waals surface area (Å²) in [5.74, 6) is 1.63. The normalized spacial score (nSPS) is 20.0. The molecule has 4 rings (SSSR count). The molecule has 3 aromatic rings. The summed E-state index contributed by atoms with van der Waals surface area (Å²) in [7, 11) is 0. The van der Waals surface area contributed by atoms with E-state index in [-0.39, 0.29) is 12.7 Å². The molecular formula is C21H22ClNO2S. The molecule has 0 saturated heterocycles. The lowest BCUT2D eigenvalue weighted by Crippen LogP contribution is -2.13. The van der Waals surface area contributed by atoms with Crippen LogP contribution >= 0.6 is 22.9 Å². The zero-order valence-corrected chi connectivity index (χ0v) is 16.5. The Balaban J connectivity index is 1.84. The summed E-state index contributed by atoms with van der Waals surface area (Å²) >= 11 is 7.96. The zero-order valence-electron chi connectivity index (χ0n) is 15.0. The summed E-state index contributed by atoms with van der Waals surface area (Å²) in [6.07, 6.45) is 5.49. The van der Waals surface area contributed by atoms with Gasteiger partial charge in [0, 0.05) is 27.2 Å². The number of benzene rings is 1. The number of hydrogen-bond donors (Lipinski definition) is 1. The van der Waals surface area contributed by atoms with Gasteiger partial charge in [-0.3, -0.25) is 4.98 Å². The average Bonchev–Trinajstić information content (AvgIpc) is 3.22. The Labute approximate surface area is 162 Å². The van der Waals surface area contributed by atoms with E-state index in [4.69, 9.17) is 16.3 Å². The van der Waals surface area contributed by atoms with Crippen LogP contribution < -0.4 is 4.74 Å². The average molecular weight is 388 g/mol. The number of rotatable bonds is 4. The highest BCUT2D eigenvalue weighted by atomic mass is 35.5. The van der Waals surface area contributed by atoms with Crippen LogP contribution in [0.5, 0.6) is 5.75 Å². The maximum absolute atomic E-state index is 9.49. The third-order valence-corrected chi connectivity index (χ3v) is 6.44. The van der Waals surface area contributed by atoms with E-state index in [1.807, 2.05) is 30.5 Å². The molecule has 1 fully saturated rings. The highest BCUT2D eigenvalue weighted by Gasteiger charge is 2.25. The number of aliphatic hydroxyl groups is 1. The van der Waals surface area contributed by atoms with E-state index in [0.29, 0.717) is 10.9 Å². The van der Waals surface area contributed by atoms with Crippen molar-refractivity contribution in [3.63, 3.8) is 0 Å². The topological polar surface area (TPSA) is 42.4 Å². The van der Waals surface area contributed by atoms with Gasteiger partial charge in [0.15, 0.2) is 0 Å². The molecule has 0 amide bonds. The molecule has 1 aromatic carbocycles. The molecular weight excluding hydrogens is 366 g/mol. The van der Waals surface area contributed by atoms with Gasteiger partial charge in [0.1, 0.15) is 5.75 Å². The largest absolute Gasteiger partial charge is 0.489 e. The lowest BCUT2D eigenvalue weighted by Gasteiger charge is -2.20. The Bertz CT molecular complexity index is 953. The molecule has 0 unspecified atom stereocenters. The standard InChI is InChI=1S/C21H22ClNO2S/c1-12-3-4-15(7-12)25-20-13(2)8-14(22)9-18(20)17-5-6-23-19-10-16(11-24)26-21(17)19/h5-6,8-10,12,15,24H,3-4,7,11H2,1-2H3/t12-,15-/m1/s1. The maximum atomic E-state index is 9.49. The lowest BCUT2D eigenvalue weighted by molar-refractivity contribution is 0.205. The third kappa shape index (κ3) is 3.34. The van der Waals surface area contributed by atoms with Crippen LogP contribution in [-0.4, -0.2) is 16.2 Å². The van der Waals surface area contributed by atoms with Crippen LogP contribution in [0.2, 0.25) is 5.02 Å². The number of fused-ring (bicyclic) bond motifs is 1. The number of halogens is 1. The summed E-state index contributed by atoms with van der Waals surface area (Å²) < 4.78 is 7.53. The van der Waals surface area contributed by atoms with Gasteiger partial charge >= 0.3 is 0 Å². The molecule has 0 aliphatic heterocycles. The fraction of sp³-hybridized carbons (Fsp3) is 0.381. The number of nitrogens with zero attached hydrogens (tertiary/aromatic N) is 1. The molecule has 3 nitrogen and oxygen atoms in total. The number of hydrogen-bond acceptors (Lipinski definition) is 4. The van der Waals surface area contributed by atoms with Crippen molar-refractivity contribution in [1.82, 2.24) is 4.98 Å². The molecule has 2 aromatic heterocycles. The van der Waals surface area contributed by atoms with E-state index >= 15 is 0 Å². The van der Waals surface area contributed by atoms with Crippen molar-refractivity contribution in [3.8, 4) is 16.9 Å². The Morgan fingerprint density at radius 2 is 2.12 bits per heavy atom. The molecule has 0 bridgehead atoms. The van der Waals surface area contributed by atoms with Crippen LogP contribution in [0.1, 0.15) is 36.6 Å². The summed E-state index contributed by atoms with van der Waals surface area (Å²) in [6, 6.07) is 7.90. The first-order valence-corrected chi connectivity index (χ1v) is 10.2. The molecule has 26 heavy (non-hydrogen) atoms. The highest BCUT2D eigenvalue weighted by molar-refractivity contribution is 7.19. The molecule has 1 aliphatic rings. The smallest absolute Gasteiger partial charge is 0.130 e. The maximum Gasteiger partial charge on any atom is 0.130 e. The minimum absolute atomic E-state index is 0.0262. The van der Waals surface area contributed by atoms with Gasteiger partial charge in [0.2, 0.25) is 0 Å². The lowest BCUT2D eigenvalue weighted by atomic mass is 10.0. The molecule has 2 atom stereocenters. The molecule has 1 saturated carbocycles. The Morgan fingerprint density at radius 3 is 2.85 bits per heavy atom. The van der Waals surface area contributed by atoms with Crippen LogP contribution in [0.25, 0.3) is 21.3 Å². The van der Waals surface area contributed by atoms with E-state index in [0.717, 1.165) is 50.4 Å². The number of ether oxygens (including phenoxy) is 1. The van der Waals surface area contributed by atoms with Gasteiger partial charge in [-0.05, 0) is 61.9 Å². The van der Waals surface area contributed by atoms with Gasteiger partial charge in [-0.25, -0.2) is 0 Å². The van der Waals surface area contributed by atoms with Crippen molar-refractivity contribution in [3.05, 3.63) is 45.9 Å². The molecule has 1 N–H and O–H groups in total. The summed E-state index contributed by atoms with van der Waals surface area (Å²) in [4.78, 5) is 5.36. The van der Waals surface area contributed by atoms with Gasteiger partial charge < -0.3 is 9.84 Å². The number of thiophene rings is 1. The first-order chi connectivity index (χ1) is 12.5. The Hall–Kier alpha value is -1.62. The van der Waals surface area contributed by atoms with Crippen molar-refractivity contribution in [2.75, 3.05) is 0 Å². The van der Waals surface area contributed by atoms with E-state index < -0.39 is 0 Å². The van der Waals surface area contributed by atoms with Crippen molar-refractivity contribution in [1.29, 1.82) is 0 Å². The Morgan fingerprint density at radius 1 is 1.27 bits per heavy atom. The highest BCUT2D eigenvalue weighted by Crippen LogP contribution is 2.42. The van der Waals surface area contributed by atoms with Crippen LogP contribution in [0.4, 0.5) is 0 Å². The molecule has 2 heterocycles.